The van der Waals surface area contributed by atoms with Gasteiger partial charge in [-0.2, -0.15) is 0 Å². The average molecular weight is 1350 g/mol. The first-order chi connectivity index (χ1) is 44.6. The lowest BCUT2D eigenvalue weighted by atomic mass is 9.46. The number of anilines is 2. The van der Waals surface area contributed by atoms with Crippen molar-refractivity contribution in [3.8, 4) is 0 Å². The molecule has 15 rings (SSSR count). The number of nitrogens with two attached hydrogens (primary N) is 2. The van der Waals surface area contributed by atoms with Gasteiger partial charge < -0.3 is 60.1 Å². The zero-order chi connectivity index (χ0) is 66.9. The molecule has 5 heterocycles. The van der Waals surface area contributed by atoms with Gasteiger partial charge >= 0.3 is 7.12 Å². The highest BCUT2D eigenvalue weighted by molar-refractivity contribution is 9.08. The van der Waals surface area contributed by atoms with E-state index >= 15 is 0 Å². The number of carbonyl (C=O) groups is 4. The summed E-state index contributed by atoms with van der Waals surface area (Å²) in [4.78, 5) is 59.5. The van der Waals surface area contributed by atoms with E-state index < -0.39 is 77.7 Å². The highest BCUT2D eigenvalue weighted by Gasteiger charge is 2.78. The molecule has 4 aromatic rings. The summed E-state index contributed by atoms with van der Waals surface area (Å²) in [7, 11) is -0.365. The first-order valence-electron chi connectivity index (χ1n) is 33.3. The summed E-state index contributed by atoms with van der Waals surface area (Å²) in [6.07, 6.45) is 16.2. The van der Waals surface area contributed by atoms with Crippen molar-refractivity contribution in [1.82, 2.24) is 9.97 Å². The van der Waals surface area contributed by atoms with E-state index in [-0.39, 0.29) is 82.4 Å². The molecular formula is C74H88BBrN4O14. The van der Waals surface area contributed by atoms with Crippen LogP contribution < -0.4 is 16.9 Å². The van der Waals surface area contributed by atoms with Crippen molar-refractivity contribution in [2.24, 2.45) is 57.2 Å². The Balaban J connectivity index is 0.000000140. The van der Waals surface area contributed by atoms with Crippen molar-refractivity contribution in [3.05, 3.63) is 161 Å². The van der Waals surface area contributed by atoms with Gasteiger partial charge in [-0.3, -0.25) is 19.2 Å². The number of benzene rings is 2. The summed E-state index contributed by atoms with van der Waals surface area (Å²) in [6.45, 7) is 15.2. The lowest BCUT2D eigenvalue weighted by Crippen LogP contribution is -2.63. The number of nitrogen functional groups attached to an aromatic ring is 2. The lowest BCUT2D eigenvalue weighted by Gasteiger charge is -2.59. The zero-order valence-corrected chi connectivity index (χ0v) is 56.4. The largest absolute Gasteiger partial charge is 0.495 e. The third-order valence-electron chi connectivity index (χ3n) is 24.8. The molecular weight excluding hydrogens is 1260 g/mol. The number of carbonyl (C=O) groups excluding carboxylic acids is 4. The molecule has 94 heavy (non-hydrogen) atoms. The number of aliphatic hydroxyl groups excluding tert-OH is 4. The maximum Gasteiger partial charge on any atom is 0.495 e. The number of rotatable bonds is 10. The molecule has 11 aliphatic rings. The van der Waals surface area contributed by atoms with Gasteiger partial charge in [-0.1, -0.05) is 115 Å². The molecule has 9 fully saturated rings. The van der Waals surface area contributed by atoms with Crippen LogP contribution in [0.4, 0.5) is 11.6 Å². The van der Waals surface area contributed by atoms with Crippen molar-refractivity contribution < 1.29 is 67.9 Å². The number of alkyl halides is 1. The van der Waals surface area contributed by atoms with Crippen LogP contribution in [-0.4, -0.2) is 121 Å². The molecule has 3 saturated heterocycles. The van der Waals surface area contributed by atoms with Gasteiger partial charge in [0.2, 0.25) is 0 Å². The molecule has 18 nitrogen and oxygen atoms in total. The Morgan fingerprint density at radius 1 is 0.606 bits per heavy atom. The quantitative estimate of drug-likeness (QED) is 0.0638. The average Bonchev–Trinajstić information content (AvgIpc) is 1.49. The van der Waals surface area contributed by atoms with Crippen molar-refractivity contribution in [2.75, 3.05) is 24.7 Å². The third kappa shape index (κ3) is 10.6. The van der Waals surface area contributed by atoms with E-state index in [1.54, 1.807) is 42.8 Å². The number of pyridine rings is 2. The summed E-state index contributed by atoms with van der Waals surface area (Å²) < 4.78 is 38.1. The minimum atomic E-state index is -1.36. The Hall–Kier alpha value is -5.88. The molecule has 3 aliphatic heterocycles. The molecule has 8 aliphatic carbocycles. The van der Waals surface area contributed by atoms with Crippen LogP contribution in [0.5, 0.6) is 0 Å². The van der Waals surface area contributed by atoms with Crippen LogP contribution in [-0.2, 0) is 59.2 Å². The molecule has 2 aromatic carbocycles. The second kappa shape index (κ2) is 24.3. The number of hydrogen-bond donors (Lipinski definition) is 6. The SMILES string of the molecule is CC1(C)OB(c2ccnc(N)c2)OC1(C)C.C[C@]12C=CC(=O)C=C1CC[C@@H]1[C@@H]2[C@@H](O)C[C@@]2(C)[C@H]1C[C@H]1OC(c3ccc(CBr)cc3)O[C@]12C(=O)CO.C[C@]12C=CC(=O)C=C1CC[C@@H]1[C@@H]2[C@@H](O)C[C@@]2(C)[C@H]1C[C@H]1O[C@@H](c3ccc(Cc4ccnc(N)c4)cc3)O[C@]12C(=O)CO. The molecule has 498 valence electrons. The fourth-order valence-corrected chi connectivity index (χ4v) is 20.0. The van der Waals surface area contributed by atoms with Gasteiger partial charge in [-0.25, -0.2) is 9.97 Å². The van der Waals surface area contributed by atoms with Gasteiger partial charge in [0.15, 0.2) is 46.9 Å². The second-order valence-corrected chi connectivity index (χ2v) is 30.7. The van der Waals surface area contributed by atoms with Crippen LogP contribution >= 0.6 is 15.9 Å². The number of fused-ring (bicyclic) bond motifs is 14. The normalized spacial score (nSPS) is 38.9. The molecule has 0 radical (unpaired) electrons. The molecule has 2 aromatic heterocycles. The minimum absolute atomic E-state index is 0.00175. The molecule has 18 atom stereocenters. The Bertz CT molecular complexity index is 3770. The summed E-state index contributed by atoms with van der Waals surface area (Å²) >= 11 is 3.47. The van der Waals surface area contributed by atoms with E-state index in [9.17, 15) is 39.6 Å². The third-order valence-corrected chi connectivity index (χ3v) is 25.5. The molecule has 1 unspecified atom stereocenters. The Morgan fingerprint density at radius 3 is 1.47 bits per heavy atom. The topological polar surface area (TPSA) is 282 Å². The molecule has 8 N–H and O–H groups in total. The lowest BCUT2D eigenvalue weighted by molar-refractivity contribution is -0.201. The van der Waals surface area contributed by atoms with Crippen LogP contribution in [0.15, 0.2) is 133 Å². The minimum Gasteiger partial charge on any atom is -0.399 e. The van der Waals surface area contributed by atoms with E-state index in [1.807, 2.05) is 114 Å². The van der Waals surface area contributed by atoms with Gasteiger partial charge in [0.1, 0.15) is 24.8 Å². The Kier molecular flexibility index (Phi) is 17.2. The summed E-state index contributed by atoms with van der Waals surface area (Å²) in [6, 6.07) is 23.3. The number of Topliss-reactive ketones (excluding diaryl/α,β-unsaturated/α-hetero) is 2. The van der Waals surface area contributed by atoms with E-state index in [1.165, 1.54) is 0 Å². The van der Waals surface area contributed by atoms with Gasteiger partial charge in [0.05, 0.1) is 35.6 Å². The van der Waals surface area contributed by atoms with Gasteiger partial charge in [-0.15, -0.1) is 0 Å². The first kappa shape index (κ1) is 66.7. The first-order valence-corrected chi connectivity index (χ1v) is 34.4. The summed E-state index contributed by atoms with van der Waals surface area (Å²) in [5, 5.41) is 44.5. The highest BCUT2D eigenvalue weighted by atomic mass is 79.9. The molecule has 20 heteroatoms. The second-order valence-electron chi connectivity index (χ2n) is 30.2. The fraction of sp³-hybridized carbons (Fsp3) is 0.541. The van der Waals surface area contributed by atoms with Crippen molar-refractivity contribution in [2.45, 2.75) is 178 Å². The van der Waals surface area contributed by atoms with Gasteiger partial charge in [0.25, 0.3) is 0 Å². The predicted octanol–water partition coefficient (Wildman–Crippen LogP) is 9.00. The molecule has 0 bridgehead atoms. The van der Waals surface area contributed by atoms with E-state index in [2.05, 4.69) is 46.7 Å². The van der Waals surface area contributed by atoms with Crippen molar-refractivity contribution in [3.63, 3.8) is 0 Å². The standard InChI is InChI=1S/C34H38N2O6.C29H33BrO6.C11H17BN2O2/c1-32-11-9-23(38)15-22(32)7-8-24-25-16-28-34(27(40)18-37,33(25,2)17-26(39)30(24)32)42-31(41-28)21-5-3-19(4-6-21)13-20-10-12-36-29(35)14-20;1-27-10-9-19(32)11-18(27)7-8-20-21-12-24-29(23(34)15-31,28(21,2)13-22(33)25(20)27)36-26(35-24)17-5-3-16(14-30)4-6-17;1-10(2)11(3,4)16-12(15-10)8-5-6-14-9(13)7-8/h3-6,9-12,14-15,24-26,28,30-31,37,39H,7-8,13,16-18H2,1-2H3,(H2,35,36);3-6,9-11,20-22,24-26,31,33H,7-8,12-15H2,1-2H3;5-7H,1-4H3,(H2,13,14)/t24-,25-,26-,28+,30+,31+,32-,33-,34+;20-,21-,22-,24+,25+,26?,27-,28-,29+;/m00./s1. The van der Waals surface area contributed by atoms with Crippen molar-refractivity contribution >= 4 is 63.3 Å². The van der Waals surface area contributed by atoms with Crippen LogP contribution in [0.2, 0.25) is 0 Å². The van der Waals surface area contributed by atoms with Crippen LogP contribution in [0.3, 0.4) is 0 Å². The fourth-order valence-electron chi connectivity index (χ4n) is 19.7. The monoisotopic (exact) mass is 1350 g/mol. The van der Waals surface area contributed by atoms with E-state index in [0.29, 0.717) is 43.7 Å². The van der Waals surface area contributed by atoms with Gasteiger partial charge in [-0.05, 0) is 180 Å². The zero-order valence-electron chi connectivity index (χ0n) is 54.8. The van der Waals surface area contributed by atoms with Crippen LogP contribution in [0, 0.1) is 57.2 Å². The maximum absolute atomic E-state index is 13.7. The molecule has 0 spiro atoms. The number of aliphatic hydroxyl groups is 4. The number of halogens is 1. The number of nitrogens with zero attached hydrogens (tertiary/aromatic N) is 2. The number of hydrogen-bond acceptors (Lipinski definition) is 18. The van der Waals surface area contributed by atoms with Crippen LogP contribution in [0.25, 0.3) is 0 Å². The van der Waals surface area contributed by atoms with E-state index in [4.69, 9.17) is 39.7 Å². The predicted molar refractivity (Wildman–Crippen MR) is 355 cm³/mol. The number of aromatic nitrogens is 2. The number of ketones is 4. The van der Waals surface area contributed by atoms with E-state index in [0.717, 1.165) is 75.4 Å². The highest BCUT2D eigenvalue weighted by Crippen LogP contribution is 2.72. The Morgan fingerprint density at radius 2 is 1.04 bits per heavy atom. The van der Waals surface area contributed by atoms with Gasteiger partial charge in [0, 0.05) is 62.3 Å². The number of ether oxygens (including phenoxy) is 4. The maximum atomic E-state index is 13.7. The molecule has 6 saturated carbocycles. The Labute approximate surface area is 558 Å². The summed E-state index contributed by atoms with van der Waals surface area (Å²) in [5.74, 6) is 0.530. The summed E-state index contributed by atoms with van der Waals surface area (Å²) in [5.41, 5.74) is 14.0. The molecule has 0 amide bonds. The van der Waals surface area contributed by atoms with Crippen LogP contribution in [0.1, 0.15) is 147 Å². The smallest absolute Gasteiger partial charge is 0.399 e. The van der Waals surface area contributed by atoms with Crippen molar-refractivity contribution in [1.29, 1.82) is 0 Å². The number of allylic oxidation sites excluding steroid dienone is 8.